The number of thioether (sulfide) groups is 2. The molecule has 3 fully saturated rings. The third-order valence-corrected chi connectivity index (χ3v) is 11.2. The van der Waals surface area contributed by atoms with Crippen molar-refractivity contribution in [1.29, 1.82) is 0 Å². The average Bonchev–Trinajstić information content (AvgIpc) is 3.70. The highest BCUT2D eigenvalue weighted by Gasteiger charge is 2.57. The summed E-state index contributed by atoms with van der Waals surface area (Å²) in [5, 5.41) is 28.3. The Morgan fingerprint density at radius 2 is 2.07 bits per heavy atom. The van der Waals surface area contributed by atoms with Crippen LogP contribution in [0.2, 0.25) is 0 Å². The highest BCUT2D eigenvalue weighted by atomic mass is 32.2. The maximum Gasteiger partial charge on any atom is 0.350 e. The van der Waals surface area contributed by atoms with Crippen molar-refractivity contribution in [3.63, 3.8) is 0 Å². The van der Waals surface area contributed by atoms with Crippen LogP contribution in [0.3, 0.4) is 0 Å². The van der Waals surface area contributed by atoms with E-state index in [4.69, 9.17) is 21.0 Å². The number of carbonyl (C=O) groups excluding carboxylic acids is 3. The number of amides is 2. The zero-order chi connectivity index (χ0) is 32.8. The Bertz CT molecular complexity index is 1470. The molecule has 6 N–H and O–H groups in total. The predicted octanol–water partition coefficient (Wildman–Crippen LogP) is -0.296. The van der Waals surface area contributed by atoms with Gasteiger partial charge in [-0.3, -0.25) is 14.4 Å². The second-order valence-corrected chi connectivity index (χ2v) is 14.0. The van der Waals surface area contributed by atoms with Crippen LogP contribution >= 0.6 is 35.1 Å². The third kappa shape index (κ3) is 7.52. The summed E-state index contributed by atoms with van der Waals surface area (Å²) in [4.78, 5) is 62.4. The number of nitrogens with one attached hydrogen (secondary N) is 1. The van der Waals surface area contributed by atoms with Crippen LogP contribution in [0.1, 0.15) is 51.3 Å². The Morgan fingerprint density at radius 1 is 1.28 bits per heavy atom. The number of aliphatic carboxylic acids is 1. The summed E-state index contributed by atoms with van der Waals surface area (Å²) in [6, 6.07) is -0.963. The number of carbonyl (C=O) groups is 4. The van der Waals surface area contributed by atoms with Gasteiger partial charge in [-0.15, -0.1) is 16.9 Å². The van der Waals surface area contributed by atoms with E-state index < -0.39 is 46.7 Å². The van der Waals surface area contributed by atoms with Crippen molar-refractivity contribution in [2.75, 3.05) is 30.3 Å². The minimum Gasteiger partial charge on any atom is -0.481 e. The molecule has 1 saturated carbocycles. The molecule has 2 aromatic heterocycles. The zero-order valence-electron chi connectivity index (χ0n) is 24.9. The number of esters is 1. The minimum atomic E-state index is -1.27. The molecule has 4 atom stereocenters. The fourth-order valence-electron chi connectivity index (χ4n) is 5.13. The van der Waals surface area contributed by atoms with Gasteiger partial charge in [0.15, 0.2) is 5.13 Å². The number of hydrogen-bond donors (Lipinski definition) is 4. The first-order valence-corrected chi connectivity index (χ1v) is 17.5. The van der Waals surface area contributed by atoms with Gasteiger partial charge in [0.25, 0.3) is 5.91 Å². The van der Waals surface area contributed by atoms with E-state index in [1.165, 1.54) is 35.3 Å². The Morgan fingerprint density at radius 3 is 2.76 bits per heavy atom. The summed E-state index contributed by atoms with van der Waals surface area (Å²) in [5.74, 6) is -2.78. The monoisotopic (exact) mass is 697 g/mol. The molecule has 46 heavy (non-hydrogen) atoms. The van der Waals surface area contributed by atoms with E-state index >= 15 is 0 Å². The molecule has 18 nitrogen and oxygen atoms in total. The molecule has 0 bridgehead atoms. The van der Waals surface area contributed by atoms with Crippen LogP contribution in [0.4, 0.5) is 5.13 Å². The fraction of sp³-hybridized carbons (Fsp3) is 0.680. The van der Waals surface area contributed by atoms with Gasteiger partial charge < -0.3 is 36.4 Å². The Kier molecular flexibility index (Phi) is 10.9. The van der Waals surface area contributed by atoms with E-state index in [0.717, 1.165) is 43.6 Å². The number of ether oxygens (including phenoxy) is 1. The van der Waals surface area contributed by atoms with E-state index in [-0.39, 0.29) is 40.8 Å². The number of nitrogen functional groups attached to an aromatic ring is 1. The van der Waals surface area contributed by atoms with Crippen LogP contribution in [-0.4, -0.2) is 117 Å². The maximum absolute atomic E-state index is 13.4. The normalized spacial score (nSPS) is 24.1. The van der Waals surface area contributed by atoms with Gasteiger partial charge in [-0.1, -0.05) is 23.3 Å². The summed E-state index contributed by atoms with van der Waals surface area (Å²) in [6.45, 7) is 2.35. The highest BCUT2D eigenvalue weighted by Crippen LogP contribution is 2.44. The average molecular weight is 698 g/mol. The number of β-lactam (4-membered cyclic amide) rings is 1. The molecule has 2 saturated heterocycles. The molecule has 2 aliphatic heterocycles. The Hall–Kier alpha value is -3.56. The van der Waals surface area contributed by atoms with Crippen molar-refractivity contribution in [2.24, 2.45) is 16.3 Å². The van der Waals surface area contributed by atoms with Crippen molar-refractivity contribution >= 4 is 69.7 Å². The lowest BCUT2D eigenvalue weighted by Gasteiger charge is -2.53. The number of tetrazole rings is 1. The lowest BCUT2D eigenvalue weighted by Crippen LogP contribution is -2.74. The lowest BCUT2D eigenvalue weighted by molar-refractivity contribution is -0.163. The van der Waals surface area contributed by atoms with Crippen molar-refractivity contribution in [3.8, 4) is 0 Å². The van der Waals surface area contributed by atoms with Gasteiger partial charge >= 0.3 is 11.9 Å². The number of nitrogens with zero attached hydrogens (tertiary/aromatic N) is 8. The number of carboxylic acid groups (broad SMARTS) is 1. The van der Waals surface area contributed by atoms with E-state index in [2.05, 4.69) is 35.4 Å². The number of anilines is 1. The van der Waals surface area contributed by atoms with Crippen LogP contribution in [0, 0.1) is 5.41 Å². The molecule has 3 unspecified atom stereocenters. The van der Waals surface area contributed by atoms with Gasteiger partial charge in [0, 0.05) is 36.1 Å². The molecule has 0 spiro atoms. The molecule has 0 radical (unpaired) electrons. The molecule has 0 aromatic carbocycles. The third-order valence-electron chi connectivity index (χ3n) is 7.77. The van der Waals surface area contributed by atoms with E-state index in [9.17, 15) is 24.3 Å². The summed E-state index contributed by atoms with van der Waals surface area (Å²) in [7, 11) is 0. The molecule has 2 amide bonds. The van der Waals surface area contributed by atoms with Crippen molar-refractivity contribution in [3.05, 3.63) is 5.82 Å². The number of oxime groups is 1. The van der Waals surface area contributed by atoms with Crippen LogP contribution in [0.15, 0.2) is 10.3 Å². The molecule has 5 rings (SSSR count). The molecule has 1 aliphatic carbocycles. The first-order chi connectivity index (χ1) is 22.1. The number of nitrogens with two attached hydrogens (primary N) is 2. The molecule has 2 aromatic rings. The molecular weight excluding hydrogens is 663 g/mol. The summed E-state index contributed by atoms with van der Waals surface area (Å²) in [6.07, 6.45) is 3.99. The number of aromatic nitrogens is 6. The van der Waals surface area contributed by atoms with E-state index in [0.29, 0.717) is 24.7 Å². The predicted molar refractivity (Wildman–Crippen MR) is 167 cm³/mol. The van der Waals surface area contributed by atoms with Crippen LogP contribution in [0.5, 0.6) is 0 Å². The van der Waals surface area contributed by atoms with Gasteiger partial charge in [-0.25, -0.2) is 9.48 Å². The largest absolute Gasteiger partial charge is 0.481 e. The van der Waals surface area contributed by atoms with Gasteiger partial charge in [0.05, 0.1) is 0 Å². The van der Waals surface area contributed by atoms with E-state index in [1.807, 2.05) is 0 Å². The zero-order valence-corrected chi connectivity index (χ0v) is 27.4. The quantitative estimate of drug-likeness (QED) is 0.0650. The maximum atomic E-state index is 13.4. The number of hydrogen-bond acceptors (Lipinski definition) is 17. The number of aryl methyl sites for hydroxylation is 1. The Labute approximate surface area is 275 Å². The van der Waals surface area contributed by atoms with Crippen molar-refractivity contribution < 1.29 is 33.9 Å². The lowest BCUT2D eigenvalue weighted by atomic mass is 9.89. The second kappa shape index (κ2) is 14.9. The molecule has 4 heterocycles. The minimum absolute atomic E-state index is 0.0581. The van der Waals surface area contributed by atoms with Crippen LogP contribution < -0.4 is 16.8 Å². The Balaban J connectivity index is 1.22. The molecular formula is C25H35N11O7S3. The van der Waals surface area contributed by atoms with Crippen LogP contribution in [-0.2, 0) is 35.3 Å². The van der Waals surface area contributed by atoms with Crippen molar-refractivity contribution in [2.45, 2.75) is 80.8 Å². The van der Waals surface area contributed by atoms with Gasteiger partial charge in [0.2, 0.25) is 28.7 Å². The highest BCUT2D eigenvalue weighted by molar-refractivity contribution is 8.00. The summed E-state index contributed by atoms with van der Waals surface area (Å²) >= 11 is 3.28. The van der Waals surface area contributed by atoms with Gasteiger partial charge in [-0.2, -0.15) is 9.36 Å². The molecule has 3 aliphatic rings. The SMILES string of the molecule is CC(ON=C(C(=O)NC1C(=O)N2CC(CSc3nnnn3CCCN)(C(=O)O)CS[C@H]12)c1nsc(N)n1)C(=O)OC1CCCCC1. The number of fused-ring (bicyclic) bond motifs is 1. The summed E-state index contributed by atoms with van der Waals surface area (Å²) in [5.41, 5.74) is 9.65. The topological polar surface area (TPSA) is 256 Å². The summed E-state index contributed by atoms with van der Waals surface area (Å²) < 4.78 is 11.1. The molecule has 21 heteroatoms. The van der Waals surface area contributed by atoms with Crippen molar-refractivity contribution in [1.82, 2.24) is 39.8 Å². The van der Waals surface area contributed by atoms with Gasteiger partial charge in [-0.05, 0) is 56.0 Å². The number of rotatable bonds is 14. The van der Waals surface area contributed by atoms with Crippen LogP contribution in [0.25, 0.3) is 0 Å². The first-order valence-electron chi connectivity index (χ1n) is 14.7. The first kappa shape index (κ1) is 33.8. The number of carboxylic acids is 1. The second-order valence-electron chi connectivity index (χ2n) is 11.2. The van der Waals surface area contributed by atoms with E-state index in [1.54, 1.807) is 4.68 Å². The standard InChI is InChI=1S/C25H35N11O7S3/c1-13(21(39)42-14-6-3-2-4-7-14)43-31-15(17-29-23(27)46-32-17)18(37)28-16-19(38)35-10-25(22(40)41,11-44-20(16)35)12-45-24-30-33-34-36(24)9-5-8-26/h13-14,16,20H,2-12,26H2,1H3,(H,28,37)(H,40,41)(H2,27,29,32)/t13?,16?,20-,25?/m1/s1. The van der Waals surface area contributed by atoms with Gasteiger partial charge in [0.1, 0.15) is 22.9 Å². The smallest absolute Gasteiger partial charge is 0.350 e. The fourth-order valence-corrected chi connectivity index (χ4v) is 8.33. The molecule has 250 valence electrons.